The van der Waals surface area contributed by atoms with Crippen molar-refractivity contribution in [1.29, 1.82) is 0 Å². The Morgan fingerprint density at radius 1 is 1.32 bits per heavy atom. The molecule has 0 bridgehead atoms. The van der Waals surface area contributed by atoms with E-state index in [1.807, 2.05) is 0 Å². The van der Waals surface area contributed by atoms with Gasteiger partial charge in [-0.25, -0.2) is 13.1 Å². The highest BCUT2D eigenvalue weighted by molar-refractivity contribution is 7.89. The van der Waals surface area contributed by atoms with Crippen molar-refractivity contribution in [1.82, 2.24) is 10.0 Å². The van der Waals surface area contributed by atoms with Crippen LogP contribution in [0.15, 0.2) is 0 Å². The molecule has 1 aliphatic rings. The van der Waals surface area contributed by atoms with Gasteiger partial charge < -0.3 is 10.1 Å². The minimum absolute atomic E-state index is 0.223. The van der Waals surface area contributed by atoms with E-state index in [1.165, 1.54) is 12.8 Å². The van der Waals surface area contributed by atoms with Crippen LogP contribution in [-0.4, -0.2) is 46.5 Å². The van der Waals surface area contributed by atoms with Gasteiger partial charge in [0.1, 0.15) is 0 Å². The van der Waals surface area contributed by atoms with Crippen LogP contribution in [0.5, 0.6) is 0 Å². The van der Waals surface area contributed by atoms with Gasteiger partial charge in [-0.2, -0.15) is 0 Å². The SMILES string of the molecule is CCCOCCCNS(=O)(=O)CCC1CCCCN1. The summed E-state index contributed by atoms with van der Waals surface area (Å²) < 4.78 is 31.5. The smallest absolute Gasteiger partial charge is 0.211 e. The van der Waals surface area contributed by atoms with E-state index in [4.69, 9.17) is 4.74 Å². The number of sulfonamides is 1. The number of rotatable bonds is 10. The zero-order valence-electron chi connectivity index (χ0n) is 12.0. The fourth-order valence-corrected chi connectivity index (χ4v) is 3.38. The van der Waals surface area contributed by atoms with Crippen LogP contribution in [0.25, 0.3) is 0 Å². The molecule has 1 aliphatic heterocycles. The van der Waals surface area contributed by atoms with E-state index >= 15 is 0 Å². The molecule has 1 unspecified atom stereocenters. The molecule has 6 heteroatoms. The van der Waals surface area contributed by atoms with Crippen LogP contribution < -0.4 is 10.0 Å². The van der Waals surface area contributed by atoms with Crippen molar-refractivity contribution in [3.05, 3.63) is 0 Å². The lowest BCUT2D eigenvalue weighted by atomic mass is 10.0. The molecule has 0 saturated carbocycles. The van der Waals surface area contributed by atoms with E-state index in [2.05, 4.69) is 17.0 Å². The summed E-state index contributed by atoms with van der Waals surface area (Å²) in [5, 5.41) is 3.37. The van der Waals surface area contributed by atoms with Gasteiger partial charge in [-0.15, -0.1) is 0 Å². The van der Waals surface area contributed by atoms with E-state index in [0.717, 1.165) is 32.4 Å². The molecule has 0 aliphatic carbocycles. The van der Waals surface area contributed by atoms with Crippen LogP contribution in [0.2, 0.25) is 0 Å². The molecule has 0 amide bonds. The second-order valence-corrected chi connectivity index (χ2v) is 7.04. The van der Waals surface area contributed by atoms with Crippen molar-refractivity contribution in [2.75, 3.05) is 32.1 Å². The van der Waals surface area contributed by atoms with Crippen LogP contribution >= 0.6 is 0 Å². The molecule has 1 rings (SSSR count). The number of hydrogen-bond acceptors (Lipinski definition) is 4. The number of ether oxygens (including phenoxy) is 1. The molecule has 2 N–H and O–H groups in total. The van der Waals surface area contributed by atoms with Gasteiger partial charge in [0, 0.05) is 25.8 Å². The maximum absolute atomic E-state index is 11.8. The third kappa shape index (κ3) is 8.57. The molecule has 5 nitrogen and oxygen atoms in total. The van der Waals surface area contributed by atoms with Gasteiger partial charge in [-0.05, 0) is 38.6 Å². The minimum atomic E-state index is -3.12. The quantitative estimate of drug-likeness (QED) is 0.595. The highest BCUT2D eigenvalue weighted by Gasteiger charge is 2.16. The predicted molar refractivity (Wildman–Crippen MR) is 77.8 cm³/mol. The molecule has 114 valence electrons. The standard InChI is InChI=1S/C13H28N2O3S/c1-2-10-18-11-5-9-15-19(16,17)12-7-13-6-3-4-8-14-13/h13-15H,2-12H2,1H3. The lowest BCUT2D eigenvalue weighted by molar-refractivity contribution is 0.133. The highest BCUT2D eigenvalue weighted by Crippen LogP contribution is 2.10. The molecule has 0 aromatic carbocycles. The molecule has 1 fully saturated rings. The number of nitrogens with one attached hydrogen (secondary N) is 2. The van der Waals surface area contributed by atoms with Crippen LogP contribution in [-0.2, 0) is 14.8 Å². The summed E-state index contributed by atoms with van der Waals surface area (Å²) >= 11 is 0. The molecule has 0 radical (unpaired) electrons. The van der Waals surface area contributed by atoms with Gasteiger partial charge >= 0.3 is 0 Å². The Morgan fingerprint density at radius 3 is 2.84 bits per heavy atom. The summed E-state index contributed by atoms with van der Waals surface area (Å²) in [7, 11) is -3.12. The Hall–Kier alpha value is -0.170. The molecule has 0 aromatic heterocycles. The molecule has 1 atom stereocenters. The second-order valence-electron chi connectivity index (χ2n) is 5.11. The van der Waals surface area contributed by atoms with Crippen LogP contribution in [0.3, 0.4) is 0 Å². The largest absolute Gasteiger partial charge is 0.381 e. The summed E-state index contributed by atoms with van der Waals surface area (Å²) in [4.78, 5) is 0. The van der Waals surface area contributed by atoms with E-state index in [0.29, 0.717) is 25.6 Å². The summed E-state index contributed by atoms with van der Waals surface area (Å²) in [5.74, 6) is 0.223. The van der Waals surface area contributed by atoms with Gasteiger partial charge in [-0.3, -0.25) is 0 Å². The monoisotopic (exact) mass is 292 g/mol. The Balaban J connectivity index is 2.06. The zero-order chi connectivity index (χ0) is 14.0. The molecule has 1 heterocycles. The van der Waals surface area contributed by atoms with Crippen LogP contribution in [0.4, 0.5) is 0 Å². The molecule has 0 spiro atoms. The topological polar surface area (TPSA) is 67.4 Å². The fourth-order valence-electron chi connectivity index (χ4n) is 2.19. The molecule has 1 saturated heterocycles. The Bertz CT molecular complexity index is 314. The summed E-state index contributed by atoms with van der Waals surface area (Å²) in [5.41, 5.74) is 0. The van der Waals surface area contributed by atoms with Gasteiger partial charge in [-0.1, -0.05) is 13.3 Å². The van der Waals surface area contributed by atoms with Crippen molar-refractivity contribution < 1.29 is 13.2 Å². The molecule has 0 aromatic rings. The van der Waals surface area contributed by atoms with Gasteiger partial charge in [0.25, 0.3) is 0 Å². The zero-order valence-corrected chi connectivity index (χ0v) is 12.8. The third-order valence-corrected chi connectivity index (χ3v) is 4.70. The summed E-state index contributed by atoms with van der Waals surface area (Å²) in [6.45, 7) is 4.93. The molecule has 19 heavy (non-hydrogen) atoms. The van der Waals surface area contributed by atoms with Crippen molar-refractivity contribution in [3.63, 3.8) is 0 Å². The first kappa shape index (κ1) is 16.9. The average Bonchev–Trinajstić information content (AvgIpc) is 2.42. The van der Waals surface area contributed by atoms with Crippen molar-refractivity contribution in [2.24, 2.45) is 0 Å². The second kappa shape index (κ2) is 9.69. The van der Waals surface area contributed by atoms with E-state index in [-0.39, 0.29) is 5.75 Å². The summed E-state index contributed by atoms with van der Waals surface area (Å²) in [6, 6.07) is 0.373. The first-order valence-corrected chi connectivity index (χ1v) is 9.08. The summed E-state index contributed by atoms with van der Waals surface area (Å²) in [6.07, 6.45) is 5.96. The first-order chi connectivity index (χ1) is 9.14. The lowest BCUT2D eigenvalue weighted by Gasteiger charge is -2.23. The number of piperidine rings is 1. The number of hydrogen-bond donors (Lipinski definition) is 2. The normalized spacial score (nSPS) is 20.6. The maximum atomic E-state index is 11.8. The van der Waals surface area contributed by atoms with Crippen molar-refractivity contribution in [3.8, 4) is 0 Å². The Labute approximate surface area is 117 Å². The van der Waals surface area contributed by atoms with E-state index in [9.17, 15) is 8.42 Å². The fraction of sp³-hybridized carbons (Fsp3) is 1.00. The minimum Gasteiger partial charge on any atom is -0.381 e. The predicted octanol–water partition coefficient (Wildman–Crippen LogP) is 1.25. The van der Waals surface area contributed by atoms with Gasteiger partial charge in [0.05, 0.1) is 5.75 Å². The Kier molecular flexibility index (Phi) is 8.61. The molecular formula is C13H28N2O3S. The third-order valence-electron chi connectivity index (χ3n) is 3.28. The first-order valence-electron chi connectivity index (χ1n) is 7.42. The van der Waals surface area contributed by atoms with E-state index < -0.39 is 10.0 Å². The van der Waals surface area contributed by atoms with Crippen LogP contribution in [0, 0.1) is 0 Å². The average molecular weight is 292 g/mol. The highest BCUT2D eigenvalue weighted by atomic mass is 32.2. The Morgan fingerprint density at radius 2 is 2.16 bits per heavy atom. The maximum Gasteiger partial charge on any atom is 0.211 e. The van der Waals surface area contributed by atoms with Gasteiger partial charge in [0.15, 0.2) is 0 Å². The van der Waals surface area contributed by atoms with Crippen molar-refractivity contribution >= 4 is 10.0 Å². The molecular weight excluding hydrogens is 264 g/mol. The van der Waals surface area contributed by atoms with Crippen molar-refractivity contribution in [2.45, 2.75) is 51.5 Å². The lowest BCUT2D eigenvalue weighted by Crippen LogP contribution is -2.37. The van der Waals surface area contributed by atoms with Gasteiger partial charge in [0.2, 0.25) is 10.0 Å². The van der Waals surface area contributed by atoms with Crippen LogP contribution in [0.1, 0.15) is 45.4 Å². The van der Waals surface area contributed by atoms with E-state index in [1.54, 1.807) is 0 Å².